The lowest BCUT2D eigenvalue weighted by Crippen LogP contribution is -2.30. The van der Waals surface area contributed by atoms with Crippen molar-refractivity contribution in [1.82, 2.24) is 0 Å². The fourth-order valence-electron chi connectivity index (χ4n) is 6.28. The third kappa shape index (κ3) is 4.56. The molecule has 4 rings (SSSR count). The number of benzene rings is 2. The summed E-state index contributed by atoms with van der Waals surface area (Å²) < 4.78 is 45.3. The van der Waals surface area contributed by atoms with Crippen LogP contribution in [-0.2, 0) is 6.42 Å². The summed E-state index contributed by atoms with van der Waals surface area (Å²) in [7, 11) is 0. The second-order valence-electron chi connectivity index (χ2n) is 9.84. The lowest BCUT2D eigenvalue weighted by atomic mass is 9.63. The summed E-state index contributed by atoms with van der Waals surface area (Å²) in [6.07, 6.45) is 14.4. The number of allylic oxidation sites excluding steroid dienone is 2. The first-order chi connectivity index (χ1) is 15.0. The molecule has 31 heavy (non-hydrogen) atoms. The van der Waals surface area contributed by atoms with E-state index in [1.807, 2.05) is 19.1 Å². The van der Waals surface area contributed by atoms with E-state index in [-0.39, 0.29) is 11.3 Å². The number of halogens is 3. The molecule has 0 heterocycles. The monoisotopic (exact) mass is 428 g/mol. The van der Waals surface area contributed by atoms with Crippen LogP contribution in [0.5, 0.6) is 0 Å². The number of hydrogen-bond acceptors (Lipinski definition) is 0. The van der Waals surface area contributed by atoms with Crippen LogP contribution < -0.4 is 0 Å². The Labute approximate surface area is 184 Å². The first-order valence-corrected chi connectivity index (χ1v) is 12.2. The summed E-state index contributed by atoms with van der Waals surface area (Å²) in [5.41, 5.74) is 0.904. The van der Waals surface area contributed by atoms with E-state index in [9.17, 15) is 0 Å². The van der Waals surface area contributed by atoms with Crippen LogP contribution in [-0.4, -0.2) is 0 Å². The summed E-state index contributed by atoms with van der Waals surface area (Å²) in [6, 6.07) is 5.21. The molecule has 0 bridgehead atoms. The fraction of sp³-hybridized carbons (Fsp3) is 0.571. The predicted molar refractivity (Wildman–Crippen MR) is 123 cm³/mol. The Morgan fingerprint density at radius 1 is 0.935 bits per heavy atom. The Kier molecular flexibility index (Phi) is 7.08. The molecule has 2 saturated carbocycles. The van der Waals surface area contributed by atoms with Gasteiger partial charge in [0.2, 0.25) is 0 Å². The normalized spacial score (nSPS) is 26.5. The van der Waals surface area contributed by atoms with Crippen LogP contribution in [0.3, 0.4) is 0 Å². The molecule has 0 aromatic heterocycles. The molecule has 0 N–H and O–H groups in total. The minimum atomic E-state index is -1.01. The van der Waals surface area contributed by atoms with E-state index >= 15 is 13.2 Å². The van der Waals surface area contributed by atoms with Gasteiger partial charge in [0.1, 0.15) is 5.82 Å². The van der Waals surface area contributed by atoms with Crippen LogP contribution in [0.15, 0.2) is 30.4 Å². The number of rotatable bonds is 6. The smallest absolute Gasteiger partial charge is 0.169 e. The lowest BCUT2D eigenvalue weighted by Gasteiger charge is -2.42. The molecule has 2 aliphatic carbocycles. The van der Waals surface area contributed by atoms with E-state index in [1.54, 1.807) is 18.2 Å². The molecule has 3 heteroatoms. The van der Waals surface area contributed by atoms with E-state index in [2.05, 4.69) is 6.92 Å². The van der Waals surface area contributed by atoms with Crippen LogP contribution in [0, 0.1) is 35.2 Å². The van der Waals surface area contributed by atoms with E-state index < -0.39 is 17.5 Å². The highest BCUT2D eigenvalue weighted by atomic mass is 19.2. The van der Waals surface area contributed by atoms with Gasteiger partial charge in [0.15, 0.2) is 11.6 Å². The van der Waals surface area contributed by atoms with Crippen molar-refractivity contribution in [2.24, 2.45) is 17.8 Å². The summed E-state index contributed by atoms with van der Waals surface area (Å²) in [5, 5.41) is 0.294. The van der Waals surface area contributed by atoms with Gasteiger partial charge < -0.3 is 0 Å². The van der Waals surface area contributed by atoms with Gasteiger partial charge in [-0.15, -0.1) is 0 Å². The Morgan fingerprint density at radius 2 is 1.71 bits per heavy atom. The Bertz CT molecular complexity index is 945. The summed E-state index contributed by atoms with van der Waals surface area (Å²) >= 11 is 0. The molecular weight excluding hydrogens is 393 g/mol. The minimum absolute atomic E-state index is 0.0419. The predicted octanol–water partition coefficient (Wildman–Crippen LogP) is 8.87. The van der Waals surface area contributed by atoms with Gasteiger partial charge >= 0.3 is 0 Å². The molecule has 0 spiro atoms. The van der Waals surface area contributed by atoms with Gasteiger partial charge in [0.25, 0.3) is 0 Å². The average molecular weight is 429 g/mol. The van der Waals surface area contributed by atoms with Crippen LogP contribution in [0.4, 0.5) is 13.2 Å². The molecule has 0 saturated heterocycles. The summed E-state index contributed by atoms with van der Waals surface area (Å²) in [6.45, 7) is 4.17. The Hall–Kier alpha value is -1.77. The topological polar surface area (TPSA) is 0 Å². The SMILES string of the molecule is C/C=C/CCc1ccc2cc([C@@H]3CC[C@@H]4CC(CCC)CCC4C3)c(F)c(F)c2c1F. The quantitative estimate of drug-likeness (QED) is 0.403. The molecule has 0 amide bonds. The van der Waals surface area contributed by atoms with Gasteiger partial charge in [-0.3, -0.25) is 0 Å². The van der Waals surface area contributed by atoms with Crippen molar-refractivity contribution in [3.05, 3.63) is 58.9 Å². The van der Waals surface area contributed by atoms with E-state index in [0.717, 1.165) is 31.1 Å². The number of fused-ring (bicyclic) bond motifs is 2. The van der Waals surface area contributed by atoms with Gasteiger partial charge in [-0.2, -0.15) is 0 Å². The fourth-order valence-corrected chi connectivity index (χ4v) is 6.28. The maximum Gasteiger partial charge on any atom is 0.169 e. The van der Waals surface area contributed by atoms with Crippen LogP contribution in [0.1, 0.15) is 88.7 Å². The van der Waals surface area contributed by atoms with Crippen molar-refractivity contribution in [3.63, 3.8) is 0 Å². The molecule has 0 radical (unpaired) electrons. The van der Waals surface area contributed by atoms with Gasteiger partial charge in [0.05, 0.1) is 5.39 Å². The summed E-state index contributed by atoms with van der Waals surface area (Å²) in [5.74, 6) is -0.194. The lowest BCUT2D eigenvalue weighted by molar-refractivity contribution is 0.113. The molecule has 2 fully saturated rings. The molecule has 2 unspecified atom stereocenters. The maximum atomic E-state index is 15.2. The van der Waals surface area contributed by atoms with Crippen molar-refractivity contribution < 1.29 is 13.2 Å². The van der Waals surface area contributed by atoms with Crippen LogP contribution in [0.2, 0.25) is 0 Å². The van der Waals surface area contributed by atoms with Gasteiger partial charge in [-0.05, 0) is 98.1 Å². The number of aryl methyl sites for hydroxylation is 1. The van der Waals surface area contributed by atoms with Gasteiger partial charge in [-0.25, -0.2) is 13.2 Å². The third-order valence-corrected chi connectivity index (χ3v) is 7.91. The van der Waals surface area contributed by atoms with E-state index in [0.29, 0.717) is 35.3 Å². The highest BCUT2D eigenvalue weighted by Crippen LogP contribution is 2.49. The highest BCUT2D eigenvalue weighted by molar-refractivity contribution is 5.85. The zero-order valence-corrected chi connectivity index (χ0v) is 18.9. The van der Waals surface area contributed by atoms with Crippen molar-refractivity contribution in [3.8, 4) is 0 Å². The molecular formula is C28H35F3. The molecule has 2 aromatic rings. The zero-order valence-electron chi connectivity index (χ0n) is 18.9. The maximum absolute atomic E-state index is 15.2. The van der Waals surface area contributed by atoms with Crippen molar-refractivity contribution >= 4 is 10.8 Å². The molecule has 168 valence electrons. The van der Waals surface area contributed by atoms with E-state index in [1.165, 1.54) is 32.1 Å². The molecule has 0 aliphatic heterocycles. The second-order valence-corrected chi connectivity index (χ2v) is 9.84. The van der Waals surface area contributed by atoms with Crippen molar-refractivity contribution in [2.45, 2.75) is 84.0 Å². The van der Waals surface area contributed by atoms with Crippen molar-refractivity contribution in [2.75, 3.05) is 0 Å². The van der Waals surface area contributed by atoms with Gasteiger partial charge in [-0.1, -0.05) is 50.5 Å². The molecule has 2 aromatic carbocycles. The Balaban J connectivity index is 1.58. The average Bonchev–Trinajstić information content (AvgIpc) is 2.77. The Morgan fingerprint density at radius 3 is 2.48 bits per heavy atom. The second kappa shape index (κ2) is 9.79. The first kappa shape index (κ1) is 22.4. The van der Waals surface area contributed by atoms with Crippen molar-refractivity contribution in [1.29, 1.82) is 0 Å². The third-order valence-electron chi connectivity index (χ3n) is 7.91. The molecule has 4 atom stereocenters. The van der Waals surface area contributed by atoms with E-state index in [4.69, 9.17) is 0 Å². The standard InChI is InChI=1S/C28H35F3/c1-3-5-6-8-19-11-14-23-17-24(27(30)28(31)25(23)26(19)29)22-13-12-20-15-18(7-4-2)9-10-21(20)16-22/h3,5,11,14,17-18,20-22H,4,6-10,12-13,15-16H2,1-2H3/b5-3+/t18?,20-,21?,22-/m1/s1. The first-order valence-electron chi connectivity index (χ1n) is 12.2. The van der Waals surface area contributed by atoms with Crippen LogP contribution >= 0.6 is 0 Å². The molecule has 2 aliphatic rings. The minimum Gasteiger partial charge on any atom is -0.206 e. The van der Waals surface area contributed by atoms with Crippen LogP contribution in [0.25, 0.3) is 10.8 Å². The highest BCUT2D eigenvalue weighted by Gasteiger charge is 2.37. The largest absolute Gasteiger partial charge is 0.206 e. The zero-order chi connectivity index (χ0) is 22.0. The molecule has 0 nitrogen and oxygen atoms in total. The summed E-state index contributed by atoms with van der Waals surface area (Å²) in [4.78, 5) is 0. The van der Waals surface area contributed by atoms with Gasteiger partial charge in [0, 0.05) is 0 Å². The number of hydrogen-bond donors (Lipinski definition) is 0.